The third kappa shape index (κ3) is 2.70. The Kier molecular flexibility index (Phi) is 3.39. The van der Waals surface area contributed by atoms with Crippen LogP contribution in [-0.4, -0.2) is 25.7 Å². The maximum absolute atomic E-state index is 13.1. The summed E-state index contributed by atoms with van der Waals surface area (Å²) in [4.78, 5) is 2.02. The average molecular weight is 226 g/mol. The Hall–Kier alpha value is -1.16. The van der Waals surface area contributed by atoms with Gasteiger partial charge in [0.15, 0.2) is 0 Å². The van der Waals surface area contributed by atoms with Crippen molar-refractivity contribution in [2.24, 2.45) is 0 Å². The van der Waals surface area contributed by atoms with Crippen LogP contribution in [0.25, 0.3) is 0 Å². The molecule has 1 atom stereocenters. The molecule has 0 aliphatic carbocycles. The molecule has 16 heavy (non-hydrogen) atoms. The van der Waals surface area contributed by atoms with Crippen molar-refractivity contribution >= 4 is 5.69 Å². The van der Waals surface area contributed by atoms with E-state index >= 15 is 0 Å². The maximum Gasteiger partial charge on any atom is 0.128 e. The standard InChI is InChI=1S/C12H16F2N2/c1-9-2-4-16(5-3-15-9)12-7-10(13)6-11(14)8-12/h6-9,15H,2-5H2,1H3. The molecule has 1 fully saturated rings. The lowest BCUT2D eigenvalue weighted by atomic mass is 10.2. The van der Waals surface area contributed by atoms with Gasteiger partial charge in [0.1, 0.15) is 11.6 Å². The van der Waals surface area contributed by atoms with Gasteiger partial charge >= 0.3 is 0 Å². The SMILES string of the molecule is CC1CCN(c2cc(F)cc(F)c2)CCN1. The fraction of sp³-hybridized carbons (Fsp3) is 0.500. The van der Waals surface area contributed by atoms with Crippen LogP contribution in [0, 0.1) is 11.6 Å². The Labute approximate surface area is 94.3 Å². The highest BCUT2D eigenvalue weighted by atomic mass is 19.1. The lowest BCUT2D eigenvalue weighted by Gasteiger charge is -2.22. The first kappa shape index (κ1) is 11.3. The van der Waals surface area contributed by atoms with Crippen LogP contribution in [0.3, 0.4) is 0 Å². The van der Waals surface area contributed by atoms with Gasteiger partial charge in [-0.05, 0) is 25.5 Å². The van der Waals surface area contributed by atoms with Gasteiger partial charge in [0.25, 0.3) is 0 Å². The number of anilines is 1. The van der Waals surface area contributed by atoms with Crippen LogP contribution in [0.15, 0.2) is 18.2 Å². The van der Waals surface area contributed by atoms with Gasteiger partial charge in [-0.1, -0.05) is 0 Å². The van der Waals surface area contributed by atoms with Gasteiger partial charge < -0.3 is 10.2 Å². The monoisotopic (exact) mass is 226 g/mol. The van der Waals surface area contributed by atoms with E-state index in [1.54, 1.807) is 0 Å². The Morgan fingerprint density at radius 3 is 2.56 bits per heavy atom. The summed E-state index contributed by atoms with van der Waals surface area (Å²) >= 11 is 0. The lowest BCUT2D eigenvalue weighted by molar-refractivity contribution is 0.566. The molecular formula is C12H16F2N2. The Balaban J connectivity index is 2.16. The van der Waals surface area contributed by atoms with Gasteiger partial charge in [-0.2, -0.15) is 0 Å². The van der Waals surface area contributed by atoms with Gasteiger partial charge in [-0.15, -0.1) is 0 Å². The second kappa shape index (κ2) is 4.78. The van der Waals surface area contributed by atoms with Crippen molar-refractivity contribution in [3.05, 3.63) is 29.8 Å². The van der Waals surface area contributed by atoms with Crippen LogP contribution in [0.2, 0.25) is 0 Å². The third-order valence-electron chi connectivity index (χ3n) is 2.92. The molecule has 1 N–H and O–H groups in total. The Bertz CT molecular complexity index is 348. The van der Waals surface area contributed by atoms with Crippen molar-refractivity contribution in [2.45, 2.75) is 19.4 Å². The molecule has 0 radical (unpaired) electrons. The summed E-state index contributed by atoms with van der Waals surface area (Å²) in [6.07, 6.45) is 0.984. The maximum atomic E-state index is 13.1. The molecule has 1 unspecified atom stereocenters. The summed E-state index contributed by atoms with van der Waals surface area (Å²) in [6.45, 7) is 4.58. The molecule has 2 nitrogen and oxygen atoms in total. The predicted molar refractivity (Wildman–Crippen MR) is 60.7 cm³/mol. The summed E-state index contributed by atoms with van der Waals surface area (Å²) in [7, 11) is 0. The zero-order chi connectivity index (χ0) is 11.5. The Morgan fingerprint density at radius 1 is 1.19 bits per heavy atom. The highest BCUT2D eigenvalue weighted by Crippen LogP contribution is 2.19. The van der Waals surface area contributed by atoms with Crippen LogP contribution in [0.1, 0.15) is 13.3 Å². The average Bonchev–Trinajstić information content (AvgIpc) is 2.41. The highest BCUT2D eigenvalue weighted by molar-refractivity contribution is 5.47. The highest BCUT2D eigenvalue weighted by Gasteiger charge is 2.14. The first-order valence-corrected chi connectivity index (χ1v) is 5.59. The van der Waals surface area contributed by atoms with E-state index in [2.05, 4.69) is 12.2 Å². The summed E-state index contributed by atoms with van der Waals surface area (Å²) in [5.74, 6) is -1.03. The summed E-state index contributed by atoms with van der Waals surface area (Å²) < 4.78 is 26.2. The van der Waals surface area contributed by atoms with Crippen LogP contribution in [0.4, 0.5) is 14.5 Å². The fourth-order valence-electron chi connectivity index (χ4n) is 1.99. The number of nitrogens with zero attached hydrogens (tertiary/aromatic N) is 1. The van der Waals surface area contributed by atoms with Gasteiger partial charge in [0.05, 0.1) is 0 Å². The molecule has 2 rings (SSSR count). The van der Waals surface area contributed by atoms with Gasteiger partial charge in [0, 0.05) is 37.4 Å². The van der Waals surface area contributed by atoms with Crippen LogP contribution in [-0.2, 0) is 0 Å². The first-order valence-electron chi connectivity index (χ1n) is 5.59. The van der Waals surface area contributed by atoms with E-state index in [1.807, 2.05) is 4.90 Å². The molecule has 1 aliphatic heterocycles. The molecule has 0 amide bonds. The van der Waals surface area contributed by atoms with Crippen molar-refractivity contribution in [3.63, 3.8) is 0 Å². The normalized spacial score (nSPS) is 21.9. The number of nitrogens with one attached hydrogen (secondary N) is 1. The van der Waals surface area contributed by atoms with Gasteiger partial charge in [-0.25, -0.2) is 8.78 Å². The van der Waals surface area contributed by atoms with Crippen molar-refractivity contribution in [2.75, 3.05) is 24.5 Å². The minimum atomic E-state index is -0.514. The van der Waals surface area contributed by atoms with Crippen molar-refractivity contribution in [1.82, 2.24) is 5.32 Å². The number of hydrogen-bond acceptors (Lipinski definition) is 2. The first-order chi connectivity index (χ1) is 7.65. The largest absolute Gasteiger partial charge is 0.370 e. The van der Waals surface area contributed by atoms with Crippen LogP contribution < -0.4 is 10.2 Å². The van der Waals surface area contributed by atoms with E-state index in [-0.39, 0.29) is 0 Å². The molecular weight excluding hydrogens is 210 g/mol. The van der Waals surface area contributed by atoms with Crippen molar-refractivity contribution in [3.8, 4) is 0 Å². The van der Waals surface area contributed by atoms with Gasteiger partial charge in [-0.3, -0.25) is 0 Å². The molecule has 1 aromatic carbocycles. The fourth-order valence-corrected chi connectivity index (χ4v) is 1.99. The van der Waals surface area contributed by atoms with E-state index in [0.29, 0.717) is 11.7 Å². The second-order valence-electron chi connectivity index (χ2n) is 4.26. The van der Waals surface area contributed by atoms with E-state index in [4.69, 9.17) is 0 Å². The molecule has 1 saturated heterocycles. The summed E-state index contributed by atoms with van der Waals surface area (Å²) in [5.41, 5.74) is 0.633. The minimum Gasteiger partial charge on any atom is -0.370 e. The van der Waals surface area contributed by atoms with Crippen molar-refractivity contribution in [1.29, 1.82) is 0 Å². The second-order valence-corrected chi connectivity index (χ2v) is 4.26. The zero-order valence-corrected chi connectivity index (χ0v) is 9.34. The minimum absolute atomic E-state index is 0.461. The number of halogens is 2. The molecule has 1 aliphatic rings. The van der Waals surface area contributed by atoms with Crippen LogP contribution >= 0.6 is 0 Å². The van der Waals surface area contributed by atoms with E-state index in [0.717, 1.165) is 32.1 Å². The molecule has 0 spiro atoms. The molecule has 0 saturated carbocycles. The lowest BCUT2D eigenvalue weighted by Crippen LogP contribution is -2.29. The van der Waals surface area contributed by atoms with E-state index < -0.39 is 11.6 Å². The molecule has 4 heteroatoms. The molecule has 1 heterocycles. The molecule has 0 aromatic heterocycles. The topological polar surface area (TPSA) is 15.3 Å². The summed E-state index contributed by atoms with van der Waals surface area (Å²) in [5, 5.41) is 3.34. The van der Waals surface area contributed by atoms with Gasteiger partial charge in [0.2, 0.25) is 0 Å². The Morgan fingerprint density at radius 2 is 1.88 bits per heavy atom. The van der Waals surface area contributed by atoms with E-state index in [1.165, 1.54) is 12.1 Å². The van der Waals surface area contributed by atoms with Crippen molar-refractivity contribution < 1.29 is 8.78 Å². The predicted octanol–water partition coefficient (Wildman–Crippen LogP) is 2.15. The zero-order valence-electron chi connectivity index (χ0n) is 9.34. The number of hydrogen-bond donors (Lipinski definition) is 1. The third-order valence-corrected chi connectivity index (χ3v) is 2.92. The molecule has 0 bridgehead atoms. The number of rotatable bonds is 1. The smallest absolute Gasteiger partial charge is 0.128 e. The molecule has 1 aromatic rings. The quantitative estimate of drug-likeness (QED) is 0.789. The summed E-state index contributed by atoms with van der Waals surface area (Å²) in [6, 6.07) is 4.14. The molecule has 88 valence electrons. The van der Waals surface area contributed by atoms with Crippen LogP contribution in [0.5, 0.6) is 0 Å². The van der Waals surface area contributed by atoms with E-state index in [9.17, 15) is 8.78 Å². The number of benzene rings is 1.